The fourth-order valence-corrected chi connectivity index (χ4v) is 5.75. The van der Waals surface area contributed by atoms with Gasteiger partial charge in [0.2, 0.25) is 11.8 Å². The summed E-state index contributed by atoms with van der Waals surface area (Å²) in [6.07, 6.45) is 1.27. The van der Waals surface area contributed by atoms with Gasteiger partial charge in [-0.25, -0.2) is 9.17 Å². The minimum Gasteiger partial charge on any atom is -0.487 e. The first-order chi connectivity index (χ1) is 20.4. The molecule has 1 fully saturated rings. The minimum atomic E-state index is -0.743. The molecule has 2 aromatic carbocycles. The summed E-state index contributed by atoms with van der Waals surface area (Å²) in [6, 6.07) is 10.4. The van der Waals surface area contributed by atoms with E-state index in [9.17, 15) is 19.2 Å². The first kappa shape index (κ1) is 30.2. The number of nitrogens with zero attached hydrogens (tertiary/aromatic N) is 4. The number of hydrogen-bond acceptors (Lipinski definition) is 8. The Morgan fingerprint density at radius 1 is 1.14 bits per heavy atom. The number of amides is 4. The largest absolute Gasteiger partial charge is 0.487 e. The smallest absolute Gasteiger partial charge is 0.326 e. The van der Waals surface area contributed by atoms with Crippen LogP contribution in [0, 0.1) is 0 Å². The molecule has 0 aliphatic carbocycles. The van der Waals surface area contributed by atoms with Crippen LogP contribution in [0.4, 0.5) is 4.79 Å². The van der Waals surface area contributed by atoms with E-state index in [0.29, 0.717) is 35.3 Å². The van der Waals surface area contributed by atoms with Crippen LogP contribution in [0.1, 0.15) is 66.3 Å². The summed E-state index contributed by atoms with van der Waals surface area (Å²) in [5, 5.41) is 5.18. The minimum absolute atomic E-state index is 0.105. The Morgan fingerprint density at radius 2 is 1.88 bits per heavy atom. The van der Waals surface area contributed by atoms with Crippen molar-refractivity contribution in [3.05, 3.63) is 81.3 Å². The van der Waals surface area contributed by atoms with Crippen molar-refractivity contribution in [2.45, 2.75) is 44.9 Å². The number of urea groups is 1. The molecule has 11 nitrogen and oxygen atoms in total. The molecule has 13 heteroatoms. The number of halogens is 1. The van der Waals surface area contributed by atoms with Crippen molar-refractivity contribution in [2.24, 2.45) is 10.7 Å². The second kappa shape index (κ2) is 12.1. The Morgan fingerprint density at radius 3 is 2.51 bits per heavy atom. The van der Waals surface area contributed by atoms with Gasteiger partial charge in [0.15, 0.2) is 5.78 Å². The van der Waals surface area contributed by atoms with Gasteiger partial charge in [-0.1, -0.05) is 29.8 Å². The van der Waals surface area contributed by atoms with Crippen LogP contribution in [0.3, 0.4) is 0 Å². The lowest BCUT2D eigenvalue weighted by molar-refractivity contribution is -0.123. The summed E-state index contributed by atoms with van der Waals surface area (Å²) < 4.78 is 10.6. The molecular weight excluding hydrogens is 592 g/mol. The number of aliphatic imine (C=N–C) groups is 1. The number of nitrogens with one attached hydrogen (secondary N) is 1. The Bertz CT molecular complexity index is 1590. The normalized spacial score (nSPS) is 18.7. The lowest BCUT2D eigenvalue weighted by Gasteiger charge is -2.36. The zero-order valence-electron chi connectivity index (χ0n) is 23.9. The van der Waals surface area contributed by atoms with Crippen molar-refractivity contribution in [1.82, 2.24) is 19.5 Å². The summed E-state index contributed by atoms with van der Waals surface area (Å²) >= 11 is 7.50. The molecule has 2 aliphatic rings. The van der Waals surface area contributed by atoms with Gasteiger partial charge in [0, 0.05) is 40.8 Å². The van der Waals surface area contributed by atoms with Crippen LogP contribution in [-0.2, 0) is 9.59 Å². The number of hydrogen-bond donors (Lipinski definition) is 2. The van der Waals surface area contributed by atoms with Gasteiger partial charge in [-0.2, -0.15) is 0 Å². The van der Waals surface area contributed by atoms with E-state index in [-0.39, 0.29) is 18.0 Å². The highest BCUT2D eigenvalue weighted by atomic mass is 35.5. The Balaban J connectivity index is 1.69. The van der Waals surface area contributed by atoms with Gasteiger partial charge in [-0.05, 0) is 62.1 Å². The number of Topliss-reactive ketones (excluding diaryl/α,β-unsaturated/α-hetero) is 1. The topological polar surface area (TPSA) is 147 Å². The lowest BCUT2D eigenvalue weighted by Crippen LogP contribution is -2.55. The number of ether oxygens (including phenoxy) is 1. The van der Waals surface area contributed by atoms with E-state index in [4.69, 9.17) is 27.1 Å². The number of nitrogens with two attached hydrogens (primary N) is 1. The molecule has 3 aromatic rings. The highest BCUT2D eigenvalue weighted by Crippen LogP contribution is 2.45. The maximum Gasteiger partial charge on any atom is 0.326 e. The molecule has 0 spiro atoms. The van der Waals surface area contributed by atoms with Crippen molar-refractivity contribution < 1.29 is 23.9 Å². The first-order valence-electron chi connectivity index (χ1n) is 13.6. The third-order valence-corrected chi connectivity index (χ3v) is 7.74. The van der Waals surface area contributed by atoms with E-state index in [1.54, 1.807) is 41.4 Å². The molecule has 43 heavy (non-hydrogen) atoms. The second-order valence-corrected chi connectivity index (χ2v) is 12.4. The van der Waals surface area contributed by atoms with E-state index >= 15 is 0 Å². The third kappa shape index (κ3) is 6.70. The molecule has 5 rings (SSSR count). The van der Waals surface area contributed by atoms with Gasteiger partial charge in [0.1, 0.15) is 29.8 Å². The standard InChI is InChI=1S/C30H31ClN6O5S/c1-30(2,3)42-23-12-18(22(38)13-24(32)39)6-9-21(23)28-35-26(19-14-34-43-16-19)27(17-4-7-20(31)8-5-17)37(28)29(41)36-11-10-33-25(40)15-36/h4-9,12,14,16,26-27H,10-11,13,15H2,1-3H3,(H2,32,39)(H,33,40). The molecule has 0 bridgehead atoms. The maximum atomic E-state index is 14.4. The number of rotatable bonds is 7. The quantitative estimate of drug-likeness (QED) is 0.299. The van der Waals surface area contributed by atoms with Crippen molar-refractivity contribution in [3.63, 3.8) is 0 Å². The summed E-state index contributed by atoms with van der Waals surface area (Å²) in [7, 11) is 0. The van der Waals surface area contributed by atoms with E-state index < -0.39 is 41.8 Å². The fraction of sp³-hybridized carbons (Fsp3) is 0.333. The van der Waals surface area contributed by atoms with Gasteiger partial charge < -0.3 is 20.7 Å². The molecule has 0 radical (unpaired) electrons. The number of amidine groups is 1. The van der Waals surface area contributed by atoms with Crippen LogP contribution in [0.15, 0.2) is 59.0 Å². The summed E-state index contributed by atoms with van der Waals surface area (Å²) in [4.78, 5) is 59.1. The highest BCUT2D eigenvalue weighted by molar-refractivity contribution is 7.03. The number of benzene rings is 2. The number of aromatic nitrogens is 1. The molecule has 2 unspecified atom stereocenters. The number of piperazine rings is 1. The van der Waals surface area contributed by atoms with Crippen LogP contribution < -0.4 is 15.8 Å². The molecule has 0 saturated carbocycles. The van der Waals surface area contributed by atoms with E-state index in [0.717, 1.165) is 11.1 Å². The third-order valence-electron chi connectivity index (χ3n) is 6.88. The van der Waals surface area contributed by atoms with Gasteiger partial charge >= 0.3 is 6.03 Å². The van der Waals surface area contributed by atoms with Gasteiger partial charge in [-0.15, -0.1) is 0 Å². The van der Waals surface area contributed by atoms with Gasteiger partial charge in [-0.3, -0.25) is 24.3 Å². The van der Waals surface area contributed by atoms with Gasteiger partial charge in [0.25, 0.3) is 0 Å². The Kier molecular flexibility index (Phi) is 8.52. The molecule has 3 heterocycles. The number of ketones is 1. The van der Waals surface area contributed by atoms with Crippen molar-refractivity contribution in [1.29, 1.82) is 0 Å². The SMILES string of the molecule is CC(C)(C)Oc1cc(C(=O)CC(N)=O)ccc1C1=NC(c2cnsc2)C(c2ccc(Cl)cc2)N1C(=O)N1CCNC(=O)C1. The zero-order valence-corrected chi connectivity index (χ0v) is 25.4. The lowest BCUT2D eigenvalue weighted by atomic mass is 9.95. The monoisotopic (exact) mass is 622 g/mol. The summed E-state index contributed by atoms with van der Waals surface area (Å²) in [5.74, 6) is -0.851. The van der Waals surface area contributed by atoms with Gasteiger partial charge in [0.05, 0.1) is 18.0 Å². The molecule has 2 atom stereocenters. The molecular formula is C30H31ClN6O5S. The average Bonchev–Trinajstić information content (AvgIpc) is 3.60. The highest BCUT2D eigenvalue weighted by Gasteiger charge is 2.45. The van der Waals surface area contributed by atoms with E-state index in [1.807, 2.05) is 38.3 Å². The Hall–Kier alpha value is -4.29. The molecule has 1 saturated heterocycles. The van der Waals surface area contributed by atoms with Crippen LogP contribution >= 0.6 is 23.1 Å². The zero-order chi connectivity index (χ0) is 30.9. The van der Waals surface area contributed by atoms with Crippen LogP contribution in [0.2, 0.25) is 5.02 Å². The maximum absolute atomic E-state index is 14.4. The van der Waals surface area contributed by atoms with Crippen LogP contribution in [0.25, 0.3) is 0 Å². The van der Waals surface area contributed by atoms with Crippen LogP contribution in [0.5, 0.6) is 5.75 Å². The number of primary amides is 1. The fourth-order valence-electron chi connectivity index (χ4n) is 5.06. The molecule has 1 aromatic heterocycles. The van der Waals surface area contributed by atoms with E-state index in [1.165, 1.54) is 16.4 Å². The van der Waals surface area contributed by atoms with Crippen molar-refractivity contribution >= 4 is 52.6 Å². The number of carbonyl (C=O) groups excluding carboxylic acids is 4. The molecule has 2 aliphatic heterocycles. The second-order valence-electron chi connectivity index (χ2n) is 11.3. The Labute approximate surface area is 257 Å². The van der Waals surface area contributed by atoms with Crippen LogP contribution in [-0.4, -0.2) is 68.9 Å². The van der Waals surface area contributed by atoms with E-state index in [2.05, 4.69) is 9.69 Å². The molecule has 4 amide bonds. The first-order valence-corrected chi connectivity index (χ1v) is 14.8. The number of carbonyl (C=O) groups is 4. The summed E-state index contributed by atoms with van der Waals surface area (Å²) in [6.45, 7) is 6.11. The predicted octanol–water partition coefficient (Wildman–Crippen LogP) is 4.13. The molecule has 224 valence electrons. The van der Waals surface area contributed by atoms with Crippen molar-refractivity contribution in [3.8, 4) is 5.75 Å². The predicted molar refractivity (Wildman–Crippen MR) is 162 cm³/mol. The average molecular weight is 623 g/mol. The summed E-state index contributed by atoms with van der Waals surface area (Å²) in [5.41, 5.74) is 6.87. The van der Waals surface area contributed by atoms with Crippen molar-refractivity contribution in [2.75, 3.05) is 19.6 Å². The molecule has 3 N–H and O–H groups in total.